The highest BCUT2D eigenvalue weighted by Gasteiger charge is 2.41. The van der Waals surface area contributed by atoms with E-state index >= 15 is 0 Å². The van der Waals surface area contributed by atoms with Crippen LogP contribution in [0.3, 0.4) is 0 Å². The van der Waals surface area contributed by atoms with E-state index in [2.05, 4.69) is 31.9 Å². The largest absolute Gasteiger partial charge is 0.388 e. The minimum atomic E-state index is -0.417. The van der Waals surface area contributed by atoms with Crippen molar-refractivity contribution < 1.29 is 9.84 Å². The number of benzene rings is 1. The average Bonchev–Trinajstić information content (AvgIpc) is 2.50. The van der Waals surface area contributed by atoms with E-state index < -0.39 is 6.10 Å². The summed E-state index contributed by atoms with van der Waals surface area (Å²) in [6.07, 6.45) is 7.71. The normalized spacial score (nSPS) is 26.7. The number of aliphatic hydroxyl groups is 1. The van der Waals surface area contributed by atoms with Crippen LogP contribution < -0.4 is 0 Å². The van der Waals surface area contributed by atoms with Crippen molar-refractivity contribution in [2.24, 2.45) is 5.92 Å². The number of rotatable bonds is 2. The summed E-state index contributed by atoms with van der Waals surface area (Å²) >= 11 is 7.08. The van der Waals surface area contributed by atoms with E-state index in [1.165, 1.54) is 19.3 Å². The zero-order valence-corrected chi connectivity index (χ0v) is 15.3. The fourth-order valence-electron chi connectivity index (χ4n) is 3.87. The lowest BCUT2D eigenvalue weighted by atomic mass is 9.74. The molecule has 1 aliphatic heterocycles. The van der Waals surface area contributed by atoms with Gasteiger partial charge in [-0.1, -0.05) is 51.1 Å². The molecule has 0 aromatic heterocycles. The highest BCUT2D eigenvalue weighted by Crippen LogP contribution is 2.45. The van der Waals surface area contributed by atoms with Gasteiger partial charge in [0.15, 0.2) is 0 Å². The molecule has 0 amide bonds. The quantitative estimate of drug-likeness (QED) is 0.700. The first-order valence-electron chi connectivity index (χ1n) is 7.87. The highest BCUT2D eigenvalue weighted by atomic mass is 79.9. The summed E-state index contributed by atoms with van der Waals surface area (Å²) in [5, 5.41) is 10.9. The first kappa shape index (κ1) is 16.0. The topological polar surface area (TPSA) is 29.5 Å². The van der Waals surface area contributed by atoms with Crippen molar-refractivity contribution in [1.29, 1.82) is 0 Å². The first-order valence-corrected chi connectivity index (χ1v) is 9.45. The summed E-state index contributed by atoms with van der Waals surface area (Å²) in [5.41, 5.74) is 1.03. The lowest BCUT2D eigenvalue weighted by Crippen LogP contribution is -2.42. The van der Waals surface area contributed by atoms with Crippen LogP contribution in [0, 0.1) is 5.92 Å². The van der Waals surface area contributed by atoms with Gasteiger partial charge in [0, 0.05) is 15.6 Å². The molecule has 2 atom stereocenters. The van der Waals surface area contributed by atoms with Gasteiger partial charge in [0.2, 0.25) is 0 Å². The maximum absolute atomic E-state index is 10.9. The lowest BCUT2D eigenvalue weighted by Gasteiger charge is -2.44. The summed E-state index contributed by atoms with van der Waals surface area (Å²) in [6, 6.07) is 6.02. The Balaban J connectivity index is 1.77. The second-order valence-corrected chi connectivity index (χ2v) is 8.23. The predicted molar refractivity (Wildman–Crippen MR) is 91.3 cm³/mol. The van der Waals surface area contributed by atoms with Gasteiger partial charge < -0.3 is 9.84 Å². The van der Waals surface area contributed by atoms with Crippen molar-refractivity contribution in [3.05, 3.63) is 32.7 Å². The molecule has 1 aromatic carbocycles. The van der Waals surface area contributed by atoms with Crippen LogP contribution in [0.4, 0.5) is 0 Å². The third kappa shape index (κ3) is 3.54. The summed E-state index contributed by atoms with van der Waals surface area (Å²) in [7, 11) is 0. The molecule has 1 N–H and O–H groups in total. The second kappa shape index (κ2) is 6.69. The van der Waals surface area contributed by atoms with Crippen LogP contribution in [-0.4, -0.2) is 17.3 Å². The third-order valence-electron chi connectivity index (χ3n) is 5.02. The molecule has 2 nitrogen and oxygen atoms in total. The van der Waals surface area contributed by atoms with Crippen molar-refractivity contribution in [3.63, 3.8) is 0 Å². The van der Waals surface area contributed by atoms with Gasteiger partial charge in [-0.15, -0.1) is 0 Å². The zero-order valence-electron chi connectivity index (χ0n) is 12.2. The maximum atomic E-state index is 10.9. The maximum Gasteiger partial charge on any atom is 0.0831 e. The predicted octanol–water partition coefficient (Wildman–Crippen LogP) is 5.37. The molecule has 0 radical (unpaired) electrons. The van der Waals surface area contributed by atoms with Crippen molar-refractivity contribution in [2.45, 2.75) is 56.7 Å². The van der Waals surface area contributed by atoms with Crippen molar-refractivity contribution >= 4 is 31.9 Å². The summed E-state index contributed by atoms with van der Waals surface area (Å²) in [6.45, 7) is 0.785. The van der Waals surface area contributed by atoms with E-state index in [9.17, 15) is 5.11 Å². The minimum absolute atomic E-state index is 0.0423. The van der Waals surface area contributed by atoms with Crippen molar-refractivity contribution in [3.8, 4) is 0 Å². The Labute approximate surface area is 143 Å². The molecule has 1 aromatic rings. The smallest absolute Gasteiger partial charge is 0.0831 e. The SMILES string of the molecule is OC(c1cc(Br)ccc1Br)C1CCOC2(CCCCC2)C1. The first-order chi connectivity index (χ1) is 10.1. The van der Waals surface area contributed by atoms with E-state index in [0.717, 1.165) is 46.8 Å². The van der Waals surface area contributed by atoms with Gasteiger partial charge in [-0.25, -0.2) is 0 Å². The summed E-state index contributed by atoms with van der Waals surface area (Å²) in [4.78, 5) is 0. The van der Waals surface area contributed by atoms with E-state index in [4.69, 9.17) is 4.74 Å². The Kier molecular flexibility index (Phi) is 5.09. The monoisotopic (exact) mass is 416 g/mol. The lowest BCUT2D eigenvalue weighted by molar-refractivity contribution is -0.134. The van der Waals surface area contributed by atoms with Gasteiger partial charge >= 0.3 is 0 Å². The van der Waals surface area contributed by atoms with Gasteiger partial charge in [-0.2, -0.15) is 0 Å². The number of hydrogen-bond donors (Lipinski definition) is 1. The van der Waals surface area contributed by atoms with Gasteiger partial charge in [0.25, 0.3) is 0 Å². The van der Waals surface area contributed by atoms with Gasteiger partial charge in [-0.3, -0.25) is 0 Å². The summed E-state index contributed by atoms with van der Waals surface area (Å²) in [5.74, 6) is 0.294. The molecule has 4 heteroatoms. The molecule has 2 unspecified atom stereocenters. The molecule has 1 saturated heterocycles. The molecule has 3 rings (SSSR count). The second-order valence-electron chi connectivity index (χ2n) is 6.46. The van der Waals surface area contributed by atoms with Crippen LogP contribution in [-0.2, 0) is 4.74 Å². The Morgan fingerprint density at radius 3 is 2.71 bits per heavy atom. The fraction of sp³-hybridized carbons (Fsp3) is 0.647. The number of aliphatic hydroxyl groups excluding tert-OH is 1. The van der Waals surface area contributed by atoms with Gasteiger partial charge in [-0.05, 0) is 55.4 Å². The zero-order chi connectivity index (χ0) is 14.9. The minimum Gasteiger partial charge on any atom is -0.388 e. The molecular formula is C17H22Br2O2. The Hall–Kier alpha value is 0.1000. The van der Waals surface area contributed by atoms with Crippen LogP contribution in [0.15, 0.2) is 27.1 Å². The molecular weight excluding hydrogens is 396 g/mol. The fourth-order valence-corrected chi connectivity index (χ4v) is 4.73. The van der Waals surface area contributed by atoms with E-state index in [1.54, 1.807) is 0 Å². The molecule has 1 spiro atoms. The standard InChI is InChI=1S/C17H22Br2O2/c18-13-4-5-15(19)14(10-13)16(20)12-6-9-21-17(11-12)7-2-1-3-8-17/h4-5,10,12,16,20H,1-3,6-9,11H2. The van der Waals surface area contributed by atoms with Crippen molar-refractivity contribution in [2.75, 3.05) is 6.61 Å². The molecule has 0 bridgehead atoms. The molecule has 1 heterocycles. The van der Waals surface area contributed by atoms with Crippen LogP contribution in [0.2, 0.25) is 0 Å². The third-order valence-corrected chi connectivity index (χ3v) is 6.23. The van der Waals surface area contributed by atoms with E-state index in [-0.39, 0.29) is 5.60 Å². The average molecular weight is 418 g/mol. The van der Waals surface area contributed by atoms with E-state index in [0.29, 0.717) is 5.92 Å². The number of ether oxygens (including phenoxy) is 1. The Morgan fingerprint density at radius 1 is 1.19 bits per heavy atom. The van der Waals surface area contributed by atoms with Crippen LogP contribution in [0.25, 0.3) is 0 Å². The van der Waals surface area contributed by atoms with Crippen LogP contribution >= 0.6 is 31.9 Å². The Morgan fingerprint density at radius 2 is 1.95 bits per heavy atom. The van der Waals surface area contributed by atoms with Crippen LogP contribution in [0.1, 0.15) is 56.6 Å². The molecule has 2 fully saturated rings. The molecule has 1 saturated carbocycles. The number of halogens is 2. The van der Waals surface area contributed by atoms with Gasteiger partial charge in [0.05, 0.1) is 11.7 Å². The van der Waals surface area contributed by atoms with Crippen LogP contribution in [0.5, 0.6) is 0 Å². The van der Waals surface area contributed by atoms with Crippen molar-refractivity contribution in [1.82, 2.24) is 0 Å². The molecule has 2 aliphatic rings. The highest BCUT2D eigenvalue weighted by molar-refractivity contribution is 9.11. The molecule has 21 heavy (non-hydrogen) atoms. The van der Waals surface area contributed by atoms with Gasteiger partial charge in [0.1, 0.15) is 0 Å². The Bertz CT molecular complexity index is 492. The summed E-state index contributed by atoms with van der Waals surface area (Å²) < 4.78 is 8.15. The number of hydrogen-bond acceptors (Lipinski definition) is 2. The molecule has 1 aliphatic carbocycles. The van der Waals surface area contributed by atoms with E-state index in [1.807, 2.05) is 18.2 Å². The molecule has 116 valence electrons.